The SMILES string of the molecule is CSC1CCCCC1NCc1cccc([N+](=O)[O-])c1C. The monoisotopic (exact) mass is 294 g/mol. The van der Waals surface area contributed by atoms with Gasteiger partial charge in [0.1, 0.15) is 0 Å². The maximum atomic E-state index is 11.0. The lowest BCUT2D eigenvalue weighted by atomic mass is 9.94. The number of rotatable bonds is 5. The molecule has 0 amide bonds. The second-order valence-electron chi connectivity index (χ2n) is 5.36. The van der Waals surface area contributed by atoms with Crippen LogP contribution in [-0.4, -0.2) is 22.5 Å². The fourth-order valence-corrected chi connectivity index (χ4v) is 3.88. The molecule has 1 aliphatic carbocycles. The molecule has 1 N–H and O–H groups in total. The maximum absolute atomic E-state index is 11.0. The average molecular weight is 294 g/mol. The van der Waals surface area contributed by atoms with Gasteiger partial charge in [-0.3, -0.25) is 10.1 Å². The Morgan fingerprint density at radius 2 is 2.15 bits per heavy atom. The van der Waals surface area contributed by atoms with Crippen molar-refractivity contribution < 1.29 is 4.92 Å². The van der Waals surface area contributed by atoms with E-state index in [-0.39, 0.29) is 10.6 Å². The first-order chi connectivity index (χ1) is 9.63. The summed E-state index contributed by atoms with van der Waals surface area (Å²) in [5.41, 5.74) is 2.03. The lowest BCUT2D eigenvalue weighted by Crippen LogP contribution is -2.40. The molecule has 1 aliphatic rings. The summed E-state index contributed by atoms with van der Waals surface area (Å²) < 4.78 is 0. The molecule has 0 spiro atoms. The predicted molar refractivity (Wildman–Crippen MR) is 84.2 cm³/mol. The van der Waals surface area contributed by atoms with Gasteiger partial charge in [-0.2, -0.15) is 11.8 Å². The van der Waals surface area contributed by atoms with Crippen molar-refractivity contribution in [1.82, 2.24) is 5.32 Å². The van der Waals surface area contributed by atoms with E-state index in [0.29, 0.717) is 11.3 Å². The second kappa shape index (κ2) is 7.09. The van der Waals surface area contributed by atoms with Gasteiger partial charge in [0, 0.05) is 29.5 Å². The van der Waals surface area contributed by atoms with E-state index in [1.165, 1.54) is 25.7 Å². The molecule has 110 valence electrons. The van der Waals surface area contributed by atoms with Crippen LogP contribution >= 0.6 is 11.8 Å². The molecule has 1 fully saturated rings. The molecule has 0 heterocycles. The first kappa shape index (κ1) is 15.3. The summed E-state index contributed by atoms with van der Waals surface area (Å²) in [5.74, 6) is 0. The molecule has 0 aromatic heterocycles. The molecule has 5 heteroatoms. The van der Waals surface area contributed by atoms with Gasteiger partial charge in [-0.05, 0) is 31.6 Å². The van der Waals surface area contributed by atoms with Gasteiger partial charge >= 0.3 is 0 Å². The minimum Gasteiger partial charge on any atom is -0.309 e. The van der Waals surface area contributed by atoms with Gasteiger partial charge in [-0.15, -0.1) is 0 Å². The van der Waals surface area contributed by atoms with Gasteiger partial charge in [0.25, 0.3) is 5.69 Å². The topological polar surface area (TPSA) is 55.2 Å². The Labute approximate surface area is 124 Å². The van der Waals surface area contributed by atoms with E-state index in [2.05, 4.69) is 11.6 Å². The van der Waals surface area contributed by atoms with Gasteiger partial charge in [-0.1, -0.05) is 25.0 Å². The van der Waals surface area contributed by atoms with Crippen LogP contribution in [0, 0.1) is 17.0 Å². The summed E-state index contributed by atoms with van der Waals surface area (Å²) in [7, 11) is 0. The maximum Gasteiger partial charge on any atom is 0.272 e. The summed E-state index contributed by atoms with van der Waals surface area (Å²) in [6.07, 6.45) is 7.25. The normalized spacial score (nSPS) is 22.7. The summed E-state index contributed by atoms with van der Waals surface area (Å²) in [6.45, 7) is 2.55. The molecule has 2 unspecified atom stereocenters. The average Bonchev–Trinajstić information content (AvgIpc) is 2.46. The number of nitrogens with one attached hydrogen (secondary N) is 1. The number of thioether (sulfide) groups is 1. The van der Waals surface area contributed by atoms with E-state index in [9.17, 15) is 10.1 Å². The molecule has 20 heavy (non-hydrogen) atoms. The molecule has 0 bridgehead atoms. The molecule has 0 aliphatic heterocycles. The highest BCUT2D eigenvalue weighted by Gasteiger charge is 2.24. The Kier molecular flexibility index (Phi) is 5.43. The minimum atomic E-state index is -0.301. The van der Waals surface area contributed by atoms with Crippen molar-refractivity contribution in [2.75, 3.05) is 6.26 Å². The molecule has 1 aromatic carbocycles. The van der Waals surface area contributed by atoms with E-state index < -0.39 is 0 Å². The second-order valence-corrected chi connectivity index (χ2v) is 6.44. The van der Waals surface area contributed by atoms with Crippen molar-refractivity contribution >= 4 is 17.4 Å². The largest absolute Gasteiger partial charge is 0.309 e. The Morgan fingerprint density at radius 1 is 1.40 bits per heavy atom. The van der Waals surface area contributed by atoms with Crippen LogP contribution in [0.4, 0.5) is 5.69 Å². The van der Waals surface area contributed by atoms with Crippen molar-refractivity contribution in [2.24, 2.45) is 0 Å². The smallest absolute Gasteiger partial charge is 0.272 e. The fraction of sp³-hybridized carbons (Fsp3) is 0.600. The highest BCUT2D eigenvalue weighted by molar-refractivity contribution is 7.99. The van der Waals surface area contributed by atoms with Crippen LogP contribution in [0.25, 0.3) is 0 Å². The van der Waals surface area contributed by atoms with Crippen molar-refractivity contribution in [3.8, 4) is 0 Å². The Bertz CT molecular complexity index is 479. The van der Waals surface area contributed by atoms with Crippen LogP contribution < -0.4 is 5.32 Å². The molecule has 1 saturated carbocycles. The van der Waals surface area contributed by atoms with Gasteiger partial charge in [0.05, 0.1) is 4.92 Å². The first-order valence-electron chi connectivity index (χ1n) is 7.12. The van der Waals surface area contributed by atoms with Crippen LogP contribution in [0.3, 0.4) is 0 Å². The predicted octanol–water partition coefficient (Wildman–Crippen LogP) is 3.67. The summed E-state index contributed by atoms with van der Waals surface area (Å²) in [6, 6.07) is 5.85. The molecule has 2 atom stereocenters. The van der Waals surface area contributed by atoms with E-state index >= 15 is 0 Å². The summed E-state index contributed by atoms with van der Waals surface area (Å²) in [5, 5.41) is 15.2. The quantitative estimate of drug-likeness (QED) is 0.665. The van der Waals surface area contributed by atoms with Crippen LogP contribution in [0.15, 0.2) is 18.2 Å². The van der Waals surface area contributed by atoms with Gasteiger partial charge in [0.2, 0.25) is 0 Å². The Hall–Kier alpha value is -1.07. The zero-order chi connectivity index (χ0) is 14.5. The highest BCUT2D eigenvalue weighted by atomic mass is 32.2. The number of nitro benzene ring substituents is 1. The Balaban J connectivity index is 2.03. The van der Waals surface area contributed by atoms with E-state index in [1.54, 1.807) is 12.1 Å². The lowest BCUT2D eigenvalue weighted by Gasteiger charge is -2.31. The van der Waals surface area contributed by atoms with E-state index in [1.807, 2.05) is 24.8 Å². The lowest BCUT2D eigenvalue weighted by molar-refractivity contribution is -0.385. The number of benzene rings is 1. The summed E-state index contributed by atoms with van der Waals surface area (Å²) >= 11 is 1.93. The summed E-state index contributed by atoms with van der Waals surface area (Å²) in [4.78, 5) is 10.7. The van der Waals surface area contributed by atoms with Crippen LogP contribution in [-0.2, 0) is 6.54 Å². The first-order valence-corrected chi connectivity index (χ1v) is 8.41. The standard InChI is InChI=1S/C15H22N2O2S/c1-11-12(6-5-8-14(11)17(18)19)10-16-13-7-3-4-9-15(13)20-2/h5-6,8,13,15-16H,3-4,7,9-10H2,1-2H3. The Morgan fingerprint density at radius 3 is 2.85 bits per heavy atom. The fourth-order valence-electron chi connectivity index (χ4n) is 2.91. The third-order valence-electron chi connectivity index (χ3n) is 4.17. The highest BCUT2D eigenvalue weighted by Crippen LogP contribution is 2.28. The number of hydrogen-bond acceptors (Lipinski definition) is 4. The number of hydrogen-bond donors (Lipinski definition) is 1. The van der Waals surface area contributed by atoms with Crippen LogP contribution in [0.5, 0.6) is 0 Å². The van der Waals surface area contributed by atoms with Gasteiger partial charge in [0.15, 0.2) is 0 Å². The van der Waals surface area contributed by atoms with Crippen molar-refractivity contribution in [1.29, 1.82) is 0 Å². The van der Waals surface area contributed by atoms with Crippen LogP contribution in [0.1, 0.15) is 36.8 Å². The van der Waals surface area contributed by atoms with E-state index in [4.69, 9.17) is 0 Å². The van der Waals surface area contributed by atoms with Gasteiger partial charge < -0.3 is 5.32 Å². The van der Waals surface area contributed by atoms with E-state index in [0.717, 1.165) is 17.7 Å². The minimum absolute atomic E-state index is 0.217. The van der Waals surface area contributed by atoms with Gasteiger partial charge in [-0.25, -0.2) is 0 Å². The van der Waals surface area contributed by atoms with Crippen molar-refractivity contribution in [3.63, 3.8) is 0 Å². The molecule has 0 radical (unpaired) electrons. The zero-order valence-electron chi connectivity index (χ0n) is 12.1. The molecule has 0 saturated heterocycles. The molecule has 4 nitrogen and oxygen atoms in total. The third-order valence-corrected chi connectivity index (χ3v) is 5.34. The molecular weight excluding hydrogens is 272 g/mol. The molecule has 2 rings (SSSR count). The van der Waals surface area contributed by atoms with Crippen LogP contribution in [0.2, 0.25) is 0 Å². The third kappa shape index (κ3) is 3.52. The number of nitro groups is 1. The number of nitrogens with zero attached hydrogens (tertiary/aromatic N) is 1. The van der Waals surface area contributed by atoms with Crippen molar-refractivity contribution in [2.45, 2.75) is 50.4 Å². The molecular formula is C15H22N2O2S. The molecule has 1 aromatic rings. The van der Waals surface area contributed by atoms with Crippen molar-refractivity contribution in [3.05, 3.63) is 39.4 Å². The zero-order valence-corrected chi connectivity index (χ0v) is 12.9.